The Morgan fingerprint density at radius 1 is 1.18 bits per heavy atom. The first-order valence-electron chi connectivity index (χ1n) is 7.62. The predicted octanol–water partition coefficient (Wildman–Crippen LogP) is 3.77. The number of nitrogens with two attached hydrogens (primary N) is 1. The van der Waals surface area contributed by atoms with Gasteiger partial charge < -0.3 is 15.5 Å². The molecule has 0 aliphatic carbocycles. The Kier molecular flexibility index (Phi) is 4.16. The second kappa shape index (κ2) is 6.24. The van der Waals surface area contributed by atoms with E-state index in [1.165, 1.54) is 27.6 Å². The number of ether oxygens (including phenoxy) is 1. The van der Waals surface area contributed by atoms with Gasteiger partial charge in [-0.1, -0.05) is 24.3 Å². The molecule has 0 radical (unpaired) electrons. The van der Waals surface area contributed by atoms with Crippen LogP contribution in [0.15, 0.2) is 48.7 Å². The molecule has 1 unspecified atom stereocenters. The molecule has 0 spiro atoms. The van der Waals surface area contributed by atoms with Crippen LogP contribution in [0.3, 0.4) is 0 Å². The molecule has 0 amide bonds. The maximum atomic E-state index is 6.06. The molecule has 0 saturated carbocycles. The molecule has 1 aromatic heterocycles. The Bertz CT molecular complexity index is 776. The first-order chi connectivity index (χ1) is 10.7. The summed E-state index contributed by atoms with van der Waals surface area (Å²) in [5, 5.41) is 1.28. The van der Waals surface area contributed by atoms with Gasteiger partial charge in [0.15, 0.2) is 0 Å². The zero-order valence-corrected chi connectivity index (χ0v) is 13.1. The van der Waals surface area contributed by atoms with Crippen LogP contribution in [0.4, 0.5) is 0 Å². The van der Waals surface area contributed by atoms with Gasteiger partial charge in [-0.3, -0.25) is 0 Å². The van der Waals surface area contributed by atoms with Gasteiger partial charge in [-0.25, -0.2) is 0 Å². The summed E-state index contributed by atoms with van der Waals surface area (Å²) >= 11 is 0. The summed E-state index contributed by atoms with van der Waals surface area (Å²) in [5.74, 6) is 1.20. The minimum atomic E-state index is 0.310. The highest BCUT2D eigenvalue weighted by Gasteiger charge is 2.15. The van der Waals surface area contributed by atoms with Crippen LogP contribution < -0.4 is 10.5 Å². The maximum Gasteiger partial charge on any atom is 0.119 e. The molecule has 0 fully saturated rings. The lowest BCUT2D eigenvalue weighted by molar-refractivity contribution is 0.414. The first kappa shape index (κ1) is 14.7. The summed E-state index contributed by atoms with van der Waals surface area (Å²) < 4.78 is 5.29. The number of methoxy groups -OCH3 is 1. The average Bonchev–Trinajstić information content (AvgIpc) is 2.96. The van der Waals surface area contributed by atoms with Crippen molar-refractivity contribution in [3.8, 4) is 5.75 Å². The van der Waals surface area contributed by atoms with Gasteiger partial charge in [0.2, 0.25) is 0 Å². The quantitative estimate of drug-likeness (QED) is 0.752. The fourth-order valence-corrected chi connectivity index (χ4v) is 3.12. The summed E-state index contributed by atoms with van der Waals surface area (Å²) in [4.78, 5) is 3.34. The molecule has 0 aliphatic rings. The number of nitrogens with one attached hydrogen (secondary N) is 1. The summed E-state index contributed by atoms with van der Waals surface area (Å²) in [6.07, 6.45) is 3.04. The normalized spacial score (nSPS) is 12.5. The highest BCUT2D eigenvalue weighted by molar-refractivity contribution is 5.83. The van der Waals surface area contributed by atoms with Crippen molar-refractivity contribution in [2.45, 2.75) is 19.3 Å². The van der Waals surface area contributed by atoms with E-state index in [0.717, 1.165) is 12.2 Å². The van der Waals surface area contributed by atoms with Crippen LogP contribution in [0.25, 0.3) is 10.9 Å². The number of H-pyrrole nitrogens is 1. The van der Waals surface area contributed by atoms with Gasteiger partial charge in [0.1, 0.15) is 5.75 Å². The van der Waals surface area contributed by atoms with E-state index < -0.39 is 0 Å². The summed E-state index contributed by atoms with van der Waals surface area (Å²) in [6, 6.07) is 14.6. The molecule has 1 atom stereocenters. The van der Waals surface area contributed by atoms with Crippen molar-refractivity contribution < 1.29 is 4.74 Å². The third-order valence-electron chi connectivity index (χ3n) is 4.34. The van der Waals surface area contributed by atoms with Crippen molar-refractivity contribution in [2.75, 3.05) is 13.7 Å². The summed E-state index contributed by atoms with van der Waals surface area (Å²) in [5.41, 5.74) is 11.1. The topological polar surface area (TPSA) is 51.0 Å². The van der Waals surface area contributed by atoms with Crippen molar-refractivity contribution in [3.63, 3.8) is 0 Å². The zero-order valence-electron chi connectivity index (χ0n) is 13.1. The molecular formula is C19H22N2O. The second-order valence-corrected chi connectivity index (χ2v) is 5.72. The van der Waals surface area contributed by atoms with Gasteiger partial charge >= 0.3 is 0 Å². The molecule has 114 valence electrons. The number of hydrogen-bond donors (Lipinski definition) is 2. The van der Waals surface area contributed by atoms with Crippen molar-refractivity contribution in [3.05, 3.63) is 65.4 Å². The number of benzene rings is 2. The van der Waals surface area contributed by atoms with Crippen molar-refractivity contribution in [1.82, 2.24) is 4.98 Å². The van der Waals surface area contributed by atoms with Crippen LogP contribution in [0, 0.1) is 6.92 Å². The molecule has 0 aliphatic heterocycles. The van der Waals surface area contributed by atoms with E-state index >= 15 is 0 Å². The molecular weight excluding hydrogens is 272 g/mol. The Morgan fingerprint density at radius 3 is 2.73 bits per heavy atom. The Labute approximate surface area is 131 Å². The lowest BCUT2D eigenvalue weighted by Gasteiger charge is -2.18. The molecule has 3 heteroatoms. The van der Waals surface area contributed by atoms with E-state index in [1.54, 1.807) is 7.11 Å². The van der Waals surface area contributed by atoms with Crippen LogP contribution >= 0.6 is 0 Å². The van der Waals surface area contributed by atoms with Crippen LogP contribution in [-0.4, -0.2) is 18.6 Å². The number of hydrogen-bond acceptors (Lipinski definition) is 2. The van der Waals surface area contributed by atoms with E-state index in [0.29, 0.717) is 12.5 Å². The summed E-state index contributed by atoms with van der Waals surface area (Å²) in [7, 11) is 1.70. The number of fused-ring (bicyclic) bond motifs is 1. The van der Waals surface area contributed by atoms with Gasteiger partial charge in [0, 0.05) is 23.0 Å². The lowest BCUT2D eigenvalue weighted by atomic mass is 9.89. The van der Waals surface area contributed by atoms with Crippen LogP contribution in [-0.2, 0) is 6.42 Å². The van der Waals surface area contributed by atoms with E-state index in [-0.39, 0.29) is 0 Å². The molecule has 1 heterocycles. The predicted molar refractivity (Wildman–Crippen MR) is 91.5 cm³/mol. The third-order valence-corrected chi connectivity index (χ3v) is 4.34. The monoisotopic (exact) mass is 294 g/mol. The minimum absolute atomic E-state index is 0.310. The number of rotatable bonds is 5. The Morgan fingerprint density at radius 2 is 2.00 bits per heavy atom. The number of aromatic nitrogens is 1. The summed E-state index contributed by atoms with van der Waals surface area (Å²) in [6.45, 7) is 2.75. The van der Waals surface area contributed by atoms with Crippen LogP contribution in [0.5, 0.6) is 5.75 Å². The SMILES string of the molecule is COc1ccc(C(CN)Cc2c[nH]c3ccccc23)c(C)c1. The van der Waals surface area contributed by atoms with E-state index in [9.17, 15) is 0 Å². The second-order valence-electron chi connectivity index (χ2n) is 5.72. The molecule has 2 aromatic carbocycles. The van der Waals surface area contributed by atoms with Gasteiger partial charge in [-0.05, 0) is 54.8 Å². The molecule has 3 N–H and O–H groups in total. The van der Waals surface area contributed by atoms with Crippen LogP contribution in [0.2, 0.25) is 0 Å². The lowest BCUT2D eigenvalue weighted by Crippen LogP contribution is -2.16. The van der Waals surface area contributed by atoms with Crippen LogP contribution in [0.1, 0.15) is 22.6 Å². The minimum Gasteiger partial charge on any atom is -0.497 e. The van der Waals surface area contributed by atoms with Crippen molar-refractivity contribution >= 4 is 10.9 Å². The van der Waals surface area contributed by atoms with Gasteiger partial charge in [-0.2, -0.15) is 0 Å². The molecule has 0 bridgehead atoms. The maximum absolute atomic E-state index is 6.06. The number of para-hydroxylation sites is 1. The Hall–Kier alpha value is -2.26. The fraction of sp³-hybridized carbons (Fsp3) is 0.263. The smallest absolute Gasteiger partial charge is 0.119 e. The number of aryl methyl sites for hydroxylation is 1. The largest absolute Gasteiger partial charge is 0.497 e. The highest BCUT2D eigenvalue weighted by Crippen LogP contribution is 2.29. The van der Waals surface area contributed by atoms with E-state index in [1.807, 2.05) is 6.07 Å². The van der Waals surface area contributed by atoms with Crippen molar-refractivity contribution in [2.24, 2.45) is 5.73 Å². The third kappa shape index (κ3) is 2.72. The fourth-order valence-electron chi connectivity index (χ4n) is 3.12. The molecule has 3 rings (SSSR count). The average molecular weight is 294 g/mol. The van der Waals surface area contributed by atoms with E-state index in [4.69, 9.17) is 10.5 Å². The molecule has 3 nitrogen and oxygen atoms in total. The highest BCUT2D eigenvalue weighted by atomic mass is 16.5. The Balaban J connectivity index is 1.92. The molecule has 3 aromatic rings. The van der Waals surface area contributed by atoms with Gasteiger partial charge in [0.05, 0.1) is 7.11 Å². The zero-order chi connectivity index (χ0) is 15.5. The first-order valence-corrected chi connectivity index (χ1v) is 7.62. The van der Waals surface area contributed by atoms with Gasteiger partial charge in [-0.15, -0.1) is 0 Å². The van der Waals surface area contributed by atoms with Gasteiger partial charge in [0.25, 0.3) is 0 Å². The number of aromatic amines is 1. The molecule has 0 saturated heterocycles. The van der Waals surface area contributed by atoms with Crippen molar-refractivity contribution in [1.29, 1.82) is 0 Å². The van der Waals surface area contributed by atoms with E-state index in [2.05, 4.69) is 54.5 Å². The standard InChI is InChI=1S/C19H22N2O/c1-13-9-16(22-2)7-8-17(13)14(11-20)10-15-12-21-19-6-4-3-5-18(15)19/h3-9,12,14,21H,10-11,20H2,1-2H3. The molecule has 22 heavy (non-hydrogen) atoms.